The fraction of sp³-hybridized carbons (Fsp3) is 0.154. The van der Waals surface area contributed by atoms with Crippen molar-refractivity contribution in [1.29, 1.82) is 0 Å². The second kappa shape index (κ2) is 9.06. The first-order chi connectivity index (χ1) is 14.7. The highest BCUT2D eigenvalue weighted by Crippen LogP contribution is 2.49. The summed E-state index contributed by atoms with van der Waals surface area (Å²) in [7, 11) is 0. The predicted molar refractivity (Wildman–Crippen MR) is 127 cm³/mol. The van der Waals surface area contributed by atoms with E-state index in [0.717, 1.165) is 43.9 Å². The molecular weight excluding hydrogens is 390 g/mol. The zero-order valence-corrected chi connectivity index (χ0v) is 18.1. The highest BCUT2D eigenvalue weighted by molar-refractivity contribution is 7.16. The Morgan fingerprint density at radius 1 is 0.967 bits per heavy atom. The standard InChI is InChI=1S/C26H25NO2S/c1-4-6-10-21(5-2)27(22-11-8-7-9-12-22)23-15-13-20(14-16-23)26-25-24(19(3)30-26)28-17-18-29-25/h4-16H,2,17-18H2,1,3H3/b6-4-,21-10+. The lowest BCUT2D eigenvalue weighted by Crippen LogP contribution is -2.15. The van der Waals surface area contributed by atoms with Gasteiger partial charge in [-0.05, 0) is 55.8 Å². The van der Waals surface area contributed by atoms with Crippen LogP contribution in [0.2, 0.25) is 0 Å². The van der Waals surface area contributed by atoms with Gasteiger partial charge in [-0.15, -0.1) is 11.3 Å². The maximum atomic E-state index is 5.92. The topological polar surface area (TPSA) is 21.7 Å². The average Bonchev–Trinajstić information content (AvgIpc) is 3.14. The summed E-state index contributed by atoms with van der Waals surface area (Å²) in [6.45, 7) is 9.32. The number of ether oxygens (including phenoxy) is 2. The molecule has 0 N–H and O–H groups in total. The summed E-state index contributed by atoms with van der Waals surface area (Å²) in [5, 5.41) is 0. The van der Waals surface area contributed by atoms with Crippen LogP contribution in [0.25, 0.3) is 10.4 Å². The number of allylic oxidation sites excluding steroid dienone is 4. The first-order valence-corrected chi connectivity index (χ1v) is 10.8. The van der Waals surface area contributed by atoms with Crippen molar-refractivity contribution in [1.82, 2.24) is 0 Å². The van der Waals surface area contributed by atoms with Gasteiger partial charge in [0.1, 0.15) is 13.2 Å². The minimum absolute atomic E-state index is 0.592. The SMILES string of the molecule is C=C/C(=C\C=C/C)N(c1ccccc1)c1ccc(-c2sc(C)c3c2OCCO3)cc1. The number of hydrogen-bond donors (Lipinski definition) is 0. The molecule has 4 heteroatoms. The zero-order chi connectivity index (χ0) is 20.9. The number of fused-ring (bicyclic) bond motifs is 1. The summed E-state index contributed by atoms with van der Waals surface area (Å²) in [5.41, 5.74) is 4.29. The first-order valence-electron chi connectivity index (χ1n) is 10.0. The molecule has 0 bridgehead atoms. The molecule has 0 amide bonds. The van der Waals surface area contributed by atoms with Crippen LogP contribution in [0.3, 0.4) is 0 Å². The van der Waals surface area contributed by atoms with Crippen molar-refractivity contribution in [3.05, 3.63) is 96.1 Å². The Kier molecular flexibility index (Phi) is 6.05. The molecule has 0 spiro atoms. The van der Waals surface area contributed by atoms with Crippen LogP contribution in [-0.2, 0) is 0 Å². The van der Waals surface area contributed by atoms with Gasteiger partial charge in [0.25, 0.3) is 0 Å². The predicted octanol–water partition coefficient (Wildman–Crippen LogP) is 7.28. The maximum Gasteiger partial charge on any atom is 0.180 e. The van der Waals surface area contributed by atoms with Gasteiger partial charge in [-0.2, -0.15) is 0 Å². The van der Waals surface area contributed by atoms with Crippen LogP contribution < -0.4 is 14.4 Å². The highest BCUT2D eigenvalue weighted by Gasteiger charge is 2.23. The van der Waals surface area contributed by atoms with E-state index in [1.807, 2.05) is 43.4 Å². The van der Waals surface area contributed by atoms with Crippen molar-refractivity contribution in [3.63, 3.8) is 0 Å². The van der Waals surface area contributed by atoms with Crippen LogP contribution in [0.15, 0.2) is 91.2 Å². The number of aryl methyl sites for hydroxylation is 1. The van der Waals surface area contributed by atoms with E-state index in [1.165, 1.54) is 0 Å². The lowest BCUT2D eigenvalue weighted by Gasteiger charge is -2.26. The molecule has 0 fully saturated rings. The normalized spacial score (nSPS) is 13.5. The van der Waals surface area contributed by atoms with E-state index in [2.05, 4.69) is 60.9 Å². The molecule has 4 rings (SSSR count). The summed E-state index contributed by atoms with van der Waals surface area (Å²) in [4.78, 5) is 4.47. The summed E-state index contributed by atoms with van der Waals surface area (Å²) in [6, 6.07) is 18.9. The molecule has 0 saturated heterocycles. The van der Waals surface area contributed by atoms with E-state index in [9.17, 15) is 0 Å². The Morgan fingerprint density at radius 2 is 1.63 bits per heavy atom. The molecule has 3 nitrogen and oxygen atoms in total. The summed E-state index contributed by atoms with van der Waals surface area (Å²) < 4.78 is 11.7. The van der Waals surface area contributed by atoms with Gasteiger partial charge in [0.15, 0.2) is 11.5 Å². The van der Waals surface area contributed by atoms with Gasteiger partial charge in [-0.3, -0.25) is 0 Å². The number of rotatable bonds is 6. The van der Waals surface area contributed by atoms with Crippen molar-refractivity contribution < 1.29 is 9.47 Å². The van der Waals surface area contributed by atoms with Gasteiger partial charge in [-0.25, -0.2) is 0 Å². The fourth-order valence-corrected chi connectivity index (χ4v) is 4.55. The van der Waals surface area contributed by atoms with Crippen molar-refractivity contribution in [2.24, 2.45) is 0 Å². The molecule has 0 atom stereocenters. The van der Waals surface area contributed by atoms with E-state index in [1.54, 1.807) is 11.3 Å². The quantitative estimate of drug-likeness (QED) is 0.395. The molecule has 1 aliphatic rings. The van der Waals surface area contributed by atoms with Gasteiger partial charge in [-0.1, -0.05) is 49.1 Å². The van der Waals surface area contributed by atoms with Crippen LogP contribution in [-0.4, -0.2) is 13.2 Å². The van der Waals surface area contributed by atoms with Gasteiger partial charge in [0.05, 0.1) is 4.88 Å². The van der Waals surface area contributed by atoms with Crippen molar-refractivity contribution in [2.75, 3.05) is 18.1 Å². The fourth-order valence-electron chi connectivity index (χ4n) is 3.50. The van der Waals surface area contributed by atoms with Gasteiger partial charge in [0, 0.05) is 21.9 Å². The molecule has 3 aromatic rings. The second-order valence-corrected chi connectivity index (χ2v) is 8.11. The third-order valence-corrected chi connectivity index (χ3v) is 6.01. The number of anilines is 2. The number of nitrogens with zero attached hydrogens (tertiary/aromatic N) is 1. The molecule has 1 aromatic heterocycles. The largest absolute Gasteiger partial charge is 0.485 e. The van der Waals surface area contributed by atoms with Gasteiger partial charge < -0.3 is 14.4 Å². The summed E-state index contributed by atoms with van der Waals surface area (Å²) in [6.07, 6.45) is 7.99. The van der Waals surface area contributed by atoms with Crippen molar-refractivity contribution >= 4 is 22.7 Å². The van der Waals surface area contributed by atoms with Gasteiger partial charge in [0.2, 0.25) is 0 Å². The summed E-state index contributed by atoms with van der Waals surface area (Å²) in [5.74, 6) is 1.76. The minimum atomic E-state index is 0.592. The third kappa shape index (κ3) is 3.91. The van der Waals surface area contributed by atoms with Crippen LogP contribution in [0, 0.1) is 6.92 Å². The average molecular weight is 416 g/mol. The van der Waals surface area contributed by atoms with Crippen LogP contribution in [0.1, 0.15) is 11.8 Å². The Hall–Kier alpha value is -3.24. The lowest BCUT2D eigenvalue weighted by atomic mass is 10.1. The molecular formula is C26H25NO2S. The van der Waals surface area contributed by atoms with E-state index in [-0.39, 0.29) is 0 Å². The minimum Gasteiger partial charge on any atom is -0.485 e. The maximum absolute atomic E-state index is 5.92. The molecule has 1 aliphatic heterocycles. The van der Waals surface area contributed by atoms with E-state index < -0.39 is 0 Å². The van der Waals surface area contributed by atoms with Gasteiger partial charge >= 0.3 is 0 Å². The molecule has 0 saturated carbocycles. The van der Waals surface area contributed by atoms with Crippen LogP contribution in [0.5, 0.6) is 11.5 Å². The number of para-hydroxylation sites is 1. The Balaban J connectivity index is 1.74. The van der Waals surface area contributed by atoms with Crippen molar-refractivity contribution in [3.8, 4) is 21.9 Å². The zero-order valence-electron chi connectivity index (χ0n) is 17.3. The monoisotopic (exact) mass is 415 g/mol. The number of benzene rings is 2. The molecule has 152 valence electrons. The van der Waals surface area contributed by atoms with Crippen molar-refractivity contribution in [2.45, 2.75) is 13.8 Å². The molecule has 0 unspecified atom stereocenters. The molecule has 0 radical (unpaired) electrons. The van der Waals surface area contributed by atoms with E-state index in [0.29, 0.717) is 13.2 Å². The number of thiophene rings is 1. The third-order valence-electron chi connectivity index (χ3n) is 4.89. The highest BCUT2D eigenvalue weighted by atomic mass is 32.1. The molecule has 0 aliphatic carbocycles. The molecule has 30 heavy (non-hydrogen) atoms. The Bertz CT molecular complexity index is 1080. The smallest absolute Gasteiger partial charge is 0.180 e. The Labute approximate surface area is 182 Å². The molecule has 2 heterocycles. The van der Waals surface area contributed by atoms with Crippen LogP contribution in [0.4, 0.5) is 11.4 Å². The Morgan fingerprint density at radius 3 is 2.30 bits per heavy atom. The second-order valence-electron chi connectivity index (χ2n) is 6.88. The van der Waals surface area contributed by atoms with E-state index in [4.69, 9.17) is 9.47 Å². The number of hydrogen-bond acceptors (Lipinski definition) is 4. The van der Waals surface area contributed by atoms with Crippen LogP contribution >= 0.6 is 11.3 Å². The lowest BCUT2D eigenvalue weighted by molar-refractivity contribution is 0.173. The molecule has 2 aromatic carbocycles. The van der Waals surface area contributed by atoms with E-state index >= 15 is 0 Å². The summed E-state index contributed by atoms with van der Waals surface area (Å²) >= 11 is 1.72. The first kappa shape index (κ1) is 20.0.